The van der Waals surface area contributed by atoms with Crippen molar-refractivity contribution in [3.05, 3.63) is 23.2 Å². The molecule has 1 saturated carbocycles. The SMILES string of the molecule is Cc1cc(CN(C)CCN(C)C)oc1CNC1CC1. The Morgan fingerprint density at radius 1 is 1.26 bits per heavy atom. The molecule has 1 aromatic rings. The average Bonchev–Trinajstić information content (AvgIpc) is 3.10. The summed E-state index contributed by atoms with van der Waals surface area (Å²) in [5.74, 6) is 2.18. The zero-order valence-corrected chi connectivity index (χ0v) is 12.7. The molecule has 1 heterocycles. The van der Waals surface area contributed by atoms with Crippen LogP contribution in [0, 0.1) is 6.92 Å². The highest BCUT2D eigenvalue weighted by Gasteiger charge is 2.21. The first-order valence-electron chi connectivity index (χ1n) is 7.19. The minimum atomic E-state index is 0.732. The Hall–Kier alpha value is -0.840. The van der Waals surface area contributed by atoms with Crippen molar-refractivity contribution >= 4 is 0 Å². The van der Waals surface area contributed by atoms with Crippen LogP contribution in [0.3, 0.4) is 0 Å². The van der Waals surface area contributed by atoms with Gasteiger partial charge in [0.1, 0.15) is 11.5 Å². The van der Waals surface area contributed by atoms with E-state index in [1.807, 2.05) is 0 Å². The fraction of sp³-hybridized carbons (Fsp3) is 0.733. The first-order valence-corrected chi connectivity index (χ1v) is 7.19. The molecule has 0 saturated heterocycles. The maximum Gasteiger partial charge on any atom is 0.120 e. The largest absolute Gasteiger partial charge is 0.463 e. The standard InChI is InChI=1S/C15H27N3O/c1-12-9-14(11-18(4)8-7-17(2)3)19-15(12)10-16-13-5-6-13/h9,13,16H,5-8,10-11H2,1-4H3. The van der Waals surface area contributed by atoms with Gasteiger partial charge in [-0.1, -0.05) is 0 Å². The number of rotatable bonds is 8. The molecule has 4 nitrogen and oxygen atoms in total. The Kier molecular flexibility index (Phi) is 5.02. The molecule has 2 rings (SSSR count). The van der Waals surface area contributed by atoms with Crippen LogP contribution < -0.4 is 5.32 Å². The first-order chi connectivity index (χ1) is 9.04. The molecule has 1 N–H and O–H groups in total. The molecule has 0 aliphatic heterocycles. The fourth-order valence-corrected chi connectivity index (χ4v) is 2.08. The maximum atomic E-state index is 5.95. The molecule has 1 aliphatic carbocycles. The second-order valence-electron chi connectivity index (χ2n) is 6.02. The Labute approximate surface area is 116 Å². The second kappa shape index (κ2) is 6.55. The van der Waals surface area contributed by atoms with Gasteiger partial charge in [0.25, 0.3) is 0 Å². The molecule has 1 fully saturated rings. The molecule has 0 unspecified atom stereocenters. The van der Waals surface area contributed by atoms with E-state index < -0.39 is 0 Å². The molecule has 0 atom stereocenters. The van der Waals surface area contributed by atoms with Crippen LogP contribution in [0.4, 0.5) is 0 Å². The summed E-state index contributed by atoms with van der Waals surface area (Å²) in [5, 5.41) is 3.51. The van der Waals surface area contributed by atoms with Crippen LogP contribution in [0.2, 0.25) is 0 Å². The lowest BCUT2D eigenvalue weighted by Crippen LogP contribution is -2.28. The van der Waals surface area contributed by atoms with Crippen LogP contribution in [0.5, 0.6) is 0 Å². The molecule has 0 bridgehead atoms. The van der Waals surface area contributed by atoms with Crippen molar-refractivity contribution in [1.82, 2.24) is 15.1 Å². The second-order valence-corrected chi connectivity index (χ2v) is 6.02. The highest BCUT2D eigenvalue weighted by atomic mass is 16.3. The topological polar surface area (TPSA) is 31.6 Å². The van der Waals surface area contributed by atoms with Crippen LogP contribution >= 0.6 is 0 Å². The van der Waals surface area contributed by atoms with Crippen molar-refractivity contribution < 1.29 is 4.42 Å². The van der Waals surface area contributed by atoms with Crippen LogP contribution in [-0.4, -0.2) is 50.1 Å². The predicted octanol–water partition coefficient (Wildman–Crippen LogP) is 1.83. The number of nitrogens with one attached hydrogen (secondary N) is 1. The van der Waals surface area contributed by atoms with Crippen LogP contribution in [-0.2, 0) is 13.1 Å². The molecule has 0 spiro atoms. The summed E-state index contributed by atoms with van der Waals surface area (Å²) in [6, 6.07) is 2.91. The number of hydrogen-bond donors (Lipinski definition) is 1. The van der Waals surface area contributed by atoms with Gasteiger partial charge in [0.05, 0.1) is 13.1 Å². The molecule has 0 amide bonds. The minimum Gasteiger partial charge on any atom is -0.463 e. The smallest absolute Gasteiger partial charge is 0.120 e. The molecular formula is C15H27N3O. The van der Waals surface area contributed by atoms with Crippen molar-refractivity contribution in [2.45, 2.75) is 38.9 Å². The first kappa shape index (κ1) is 14.6. The number of hydrogen-bond acceptors (Lipinski definition) is 4. The highest BCUT2D eigenvalue weighted by Crippen LogP contribution is 2.21. The normalized spacial score (nSPS) is 15.7. The van der Waals surface area contributed by atoms with E-state index in [-0.39, 0.29) is 0 Å². The van der Waals surface area contributed by atoms with Gasteiger partial charge in [-0.15, -0.1) is 0 Å². The van der Waals surface area contributed by atoms with E-state index in [0.29, 0.717) is 0 Å². The van der Waals surface area contributed by atoms with Crippen molar-refractivity contribution in [1.29, 1.82) is 0 Å². The van der Waals surface area contributed by atoms with Gasteiger partial charge < -0.3 is 14.6 Å². The Morgan fingerprint density at radius 2 is 2.00 bits per heavy atom. The van der Waals surface area contributed by atoms with Gasteiger partial charge in [-0.25, -0.2) is 0 Å². The van der Waals surface area contributed by atoms with Crippen molar-refractivity contribution in [3.63, 3.8) is 0 Å². The summed E-state index contributed by atoms with van der Waals surface area (Å²) >= 11 is 0. The minimum absolute atomic E-state index is 0.732. The number of nitrogens with zero attached hydrogens (tertiary/aromatic N) is 2. The molecule has 1 aliphatic rings. The van der Waals surface area contributed by atoms with Crippen LogP contribution in [0.1, 0.15) is 29.9 Å². The van der Waals surface area contributed by atoms with E-state index in [0.717, 1.165) is 43.7 Å². The lowest BCUT2D eigenvalue weighted by molar-refractivity contribution is 0.255. The summed E-state index contributed by atoms with van der Waals surface area (Å²) in [6.45, 7) is 6.03. The molecule has 0 radical (unpaired) electrons. The van der Waals surface area contributed by atoms with Gasteiger partial charge in [0.15, 0.2) is 0 Å². The Balaban J connectivity index is 1.80. The van der Waals surface area contributed by atoms with E-state index in [2.05, 4.69) is 49.2 Å². The molecule has 19 heavy (non-hydrogen) atoms. The Morgan fingerprint density at radius 3 is 2.63 bits per heavy atom. The summed E-state index contributed by atoms with van der Waals surface area (Å²) in [7, 11) is 6.35. The summed E-state index contributed by atoms with van der Waals surface area (Å²) < 4.78 is 5.95. The van der Waals surface area contributed by atoms with E-state index in [1.165, 1.54) is 18.4 Å². The summed E-state index contributed by atoms with van der Waals surface area (Å²) in [5.41, 5.74) is 1.27. The molecule has 1 aromatic heterocycles. The lowest BCUT2D eigenvalue weighted by atomic mass is 10.2. The van der Waals surface area contributed by atoms with E-state index in [9.17, 15) is 0 Å². The summed E-state index contributed by atoms with van der Waals surface area (Å²) in [6.07, 6.45) is 2.64. The third-order valence-electron chi connectivity index (χ3n) is 3.55. The predicted molar refractivity (Wildman–Crippen MR) is 78.2 cm³/mol. The number of furan rings is 1. The fourth-order valence-electron chi connectivity index (χ4n) is 2.08. The van der Waals surface area contributed by atoms with Gasteiger partial charge in [-0.05, 0) is 52.5 Å². The van der Waals surface area contributed by atoms with Crippen molar-refractivity contribution in [2.24, 2.45) is 0 Å². The molecule has 108 valence electrons. The zero-order valence-electron chi connectivity index (χ0n) is 12.7. The van der Waals surface area contributed by atoms with E-state index in [1.54, 1.807) is 0 Å². The third kappa shape index (κ3) is 4.97. The highest BCUT2D eigenvalue weighted by molar-refractivity contribution is 5.20. The average molecular weight is 265 g/mol. The molecule has 4 heteroatoms. The van der Waals surface area contributed by atoms with Crippen LogP contribution in [0.25, 0.3) is 0 Å². The van der Waals surface area contributed by atoms with Gasteiger partial charge in [-0.2, -0.15) is 0 Å². The van der Waals surface area contributed by atoms with Gasteiger partial charge in [0, 0.05) is 19.1 Å². The van der Waals surface area contributed by atoms with E-state index in [4.69, 9.17) is 4.42 Å². The molecule has 0 aromatic carbocycles. The van der Waals surface area contributed by atoms with Gasteiger partial charge in [0.2, 0.25) is 0 Å². The number of likely N-dealkylation sites (N-methyl/N-ethyl adjacent to an activating group) is 2. The third-order valence-corrected chi connectivity index (χ3v) is 3.55. The van der Waals surface area contributed by atoms with Crippen LogP contribution in [0.15, 0.2) is 10.5 Å². The summed E-state index contributed by atoms with van der Waals surface area (Å²) in [4.78, 5) is 4.51. The van der Waals surface area contributed by atoms with E-state index >= 15 is 0 Å². The van der Waals surface area contributed by atoms with Gasteiger partial charge >= 0.3 is 0 Å². The quantitative estimate of drug-likeness (QED) is 0.777. The monoisotopic (exact) mass is 265 g/mol. The maximum absolute atomic E-state index is 5.95. The van der Waals surface area contributed by atoms with Crippen molar-refractivity contribution in [2.75, 3.05) is 34.2 Å². The number of aryl methyl sites for hydroxylation is 1. The van der Waals surface area contributed by atoms with Gasteiger partial charge in [-0.3, -0.25) is 4.90 Å². The lowest BCUT2D eigenvalue weighted by Gasteiger charge is -2.17. The van der Waals surface area contributed by atoms with Crippen molar-refractivity contribution in [3.8, 4) is 0 Å². The Bertz CT molecular complexity index is 396. The zero-order chi connectivity index (χ0) is 13.8. The molecular weight excluding hydrogens is 238 g/mol.